The van der Waals surface area contributed by atoms with Crippen molar-refractivity contribution in [3.8, 4) is 5.75 Å². The van der Waals surface area contributed by atoms with Crippen molar-refractivity contribution in [3.05, 3.63) is 65.2 Å². The van der Waals surface area contributed by atoms with Gasteiger partial charge in [0.1, 0.15) is 5.75 Å². The molecule has 5 nitrogen and oxygen atoms in total. The van der Waals surface area contributed by atoms with Gasteiger partial charge in [-0.1, -0.05) is 24.3 Å². The Hall–Kier alpha value is -2.82. The van der Waals surface area contributed by atoms with E-state index in [2.05, 4.69) is 5.32 Å². The minimum atomic E-state index is -0.951. The topological polar surface area (TPSA) is 75.6 Å². The van der Waals surface area contributed by atoms with Gasteiger partial charge in [0.05, 0.1) is 17.7 Å². The number of ether oxygens (including phenoxy) is 1. The standard InChI is InChI=1S/C20H21NO4/c22-19(17-6-1-2-7-18(17)25-13-15-8-9-15)21-11-10-14-4-3-5-16(12-14)20(23)24/h1-7,12,15H,8-11,13H2,(H,21,22)(H,23,24). The third kappa shape index (κ3) is 4.83. The number of amides is 1. The van der Waals surface area contributed by atoms with Gasteiger partial charge in [-0.05, 0) is 55.0 Å². The molecule has 3 rings (SSSR count). The van der Waals surface area contributed by atoms with Crippen LogP contribution < -0.4 is 10.1 Å². The highest BCUT2D eigenvalue weighted by molar-refractivity contribution is 5.96. The monoisotopic (exact) mass is 339 g/mol. The van der Waals surface area contributed by atoms with E-state index < -0.39 is 5.97 Å². The molecule has 0 aromatic heterocycles. The molecule has 130 valence electrons. The van der Waals surface area contributed by atoms with Crippen LogP contribution in [0.5, 0.6) is 5.75 Å². The SMILES string of the molecule is O=C(O)c1cccc(CCNC(=O)c2ccccc2OCC2CC2)c1. The molecule has 1 amide bonds. The number of rotatable bonds is 8. The Morgan fingerprint density at radius 1 is 1.12 bits per heavy atom. The smallest absolute Gasteiger partial charge is 0.335 e. The van der Waals surface area contributed by atoms with Crippen molar-refractivity contribution in [3.63, 3.8) is 0 Å². The summed E-state index contributed by atoms with van der Waals surface area (Å²) in [6.45, 7) is 1.09. The van der Waals surface area contributed by atoms with Crippen LogP contribution in [0.4, 0.5) is 0 Å². The van der Waals surface area contributed by atoms with Gasteiger partial charge in [-0.2, -0.15) is 0 Å². The first kappa shape index (κ1) is 17.0. The maximum Gasteiger partial charge on any atom is 0.335 e. The van der Waals surface area contributed by atoms with Crippen molar-refractivity contribution in [2.75, 3.05) is 13.2 Å². The predicted molar refractivity (Wildman–Crippen MR) is 94.1 cm³/mol. The average Bonchev–Trinajstić information content (AvgIpc) is 3.45. The van der Waals surface area contributed by atoms with Gasteiger partial charge >= 0.3 is 5.97 Å². The number of aromatic carboxylic acids is 1. The molecule has 1 saturated carbocycles. The number of hydrogen-bond donors (Lipinski definition) is 2. The highest BCUT2D eigenvalue weighted by atomic mass is 16.5. The van der Waals surface area contributed by atoms with Gasteiger partial charge < -0.3 is 15.2 Å². The summed E-state index contributed by atoms with van der Waals surface area (Å²) >= 11 is 0. The molecule has 0 radical (unpaired) electrons. The zero-order valence-electron chi connectivity index (χ0n) is 13.9. The van der Waals surface area contributed by atoms with Crippen molar-refractivity contribution >= 4 is 11.9 Å². The molecule has 25 heavy (non-hydrogen) atoms. The van der Waals surface area contributed by atoms with Gasteiger partial charge in [0.15, 0.2) is 0 Å². The third-order valence-electron chi connectivity index (χ3n) is 4.18. The van der Waals surface area contributed by atoms with E-state index >= 15 is 0 Å². The fourth-order valence-corrected chi connectivity index (χ4v) is 2.55. The molecule has 1 aliphatic rings. The first-order valence-electron chi connectivity index (χ1n) is 8.46. The molecule has 0 heterocycles. The van der Waals surface area contributed by atoms with Crippen LogP contribution in [0.2, 0.25) is 0 Å². The van der Waals surface area contributed by atoms with E-state index in [9.17, 15) is 9.59 Å². The molecule has 0 unspecified atom stereocenters. The van der Waals surface area contributed by atoms with Gasteiger partial charge in [0.2, 0.25) is 0 Å². The van der Waals surface area contributed by atoms with E-state index in [0.717, 1.165) is 5.56 Å². The largest absolute Gasteiger partial charge is 0.492 e. The lowest BCUT2D eigenvalue weighted by atomic mass is 10.1. The number of carbonyl (C=O) groups excluding carboxylic acids is 1. The Morgan fingerprint density at radius 2 is 1.92 bits per heavy atom. The molecular formula is C20H21NO4. The maximum atomic E-state index is 12.4. The number of carboxylic acid groups (broad SMARTS) is 1. The van der Waals surface area contributed by atoms with Crippen molar-refractivity contribution in [1.29, 1.82) is 0 Å². The van der Waals surface area contributed by atoms with Gasteiger partial charge in [-0.25, -0.2) is 4.79 Å². The molecule has 2 N–H and O–H groups in total. The second-order valence-electron chi connectivity index (χ2n) is 6.26. The fourth-order valence-electron chi connectivity index (χ4n) is 2.55. The Morgan fingerprint density at radius 3 is 2.68 bits per heavy atom. The quantitative estimate of drug-likeness (QED) is 0.775. The number of para-hydroxylation sites is 1. The van der Waals surface area contributed by atoms with E-state index in [0.29, 0.717) is 36.8 Å². The molecule has 1 aliphatic carbocycles. The summed E-state index contributed by atoms with van der Waals surface area (Å²) in [6.07, 6.45) is 2.96. The van der Waals surface area contributed by atoms with Crippen molar-refractivity contribution in [2.24, 2.45) is 5.92 Å². The summed E-state index contributed by atoms with van der Waals surface area (Å²) in [6, 6.07) is 14.0. The molecule has 5 heteroatoms. The lowest BCUT2D eigenvalue weighted by molar-refractivity contribution is 0.0696. The van der Waals surface area contributed by atoms with Gasteiger partial charge in [0.25, 0.3) is 5.91 Å². The van der Waals surface area contributed by atoms with Crippen LogP contribution in [-0.2, 0) is 6.42 Å². The lowest BCUT2D eigenvalue weighted by Gasteiger charge is -2.11. The van der Waals surface area contributed by atoms with E-state index in [-0.39, 0.29) is 11.5 Å². The van der Waals surface area contributed by atoms with Crippen LogP contribution in [-0.4, -0.2) is 30.1 Å². The van der Waals surface area contributed by atoms with E-state index in [4.69, 9.17) is 9.84 Å². The highest BCUT2D eigenvalue weighted by Crippen LogP contribution is 2.30. The Balaban J connectivity index is 1.55. The minimum absolute atomic E-state index is 0.180. The summed E-state index contributed by atoms with van der Waals surface area (Å²) < 4.78 is 5.76. The normalized spacial score (nSPS) is 13.3. The Kier molecular flexibility index (Phi) is 5.33. The fraction of sp³-hybridized carbons (Fsp3) is 0.300. The number of nitrogens with one attached hydrogen (secondary N) is 1. The van der Waals surface area contributed by atoms with E-state index in [1.54, 1.807) is 24.3 Å². The molecule has 1 fully saturated rings. The van der Waals surface area contributed by atoms with Crippen LogP contribution in [0.15, 0.2) is 48.5 Å². The maximum absolute atomic E-state index is 12.4. The third-order valence-corrected chi connectivity index (χ3v) is 4.18. The Bertz CT molecular complexity index is 768. The lowest BCUT2D eigenvalue weighted by Crippen LogP contribution is -2.26. The van der Waals surface area contributed by atoms with Crippen LogP contribution >= 0.6 is 0 Å². The summed E-state index contributed by atoms with van der Waals surface area (Å²) in [5.74, 6) is 0.103. The molecular weight excluding hydrogens is 318 g/mol. The van der Waals surface area contributed by atoms with Crippen LogP contribution in [0.25, 0.3) is 0 Å². The Labute approximate surface area is 146 Å². The second-order valence-corrected chi connectivity index (χ2v) is 6.26. The number of carboxylic acids is 1. The molecule has 0 atom stereocenters. The van der Waals surface area contributed by atoms with E-state index in [1.165, 1.54) is 12.8 Å². The predicted octanol–water partition coefficient (Wildman–Crippen LogP) is 3.15. The summed E-state index contributed by atoms with van der Waals surface area (Å²) in [5.41, 5.74) is 1.66. The van der Waals surface area contributed by atoms with E-state index in [1.807, 2.05) is 24.3 Å². The van der Waals surface area contributed by atoms with Crippen molar-refractivity contribution < 1.29 is 19.4 Å². The molecule has 2 aromatic rings. The average molecular weight is 339 g/mol. The van der Waals surface area contributed by atoms with Crippen LogP contribution in [0, 0.1) is 5.92 Å². The molecule has 2 aromatic carbocycles. The zero-order chi connectivity index (χ0) is 17.6. The summed E-state index contributed by atoms with van der Waals surface area (Å²) in [4.78, 5) is 23.4. The van der Waals surface area contributed by atoms with Gasteiger partial charge in [0, 0.05) is 6.54 Å². The molecule has 0 bridgehead atoms. The van der Waals surface area contributed by atoms with Crippen molar-refractivity contribution in [1.82, 2.24) is 5.32 Å². The van der Waals surface area contributed by atoms with Gasteiger partial charge in [-0.3, -0.25) is 4.79 Å². The molecule has 0 spiro atoms. The summed E-state index contributed by atoms with van der Waals surface area (Å²) in [5, 5.41) is 11.9. The number of hydrogen-bond acceptors (Lipinski definition) is 3. The number of carbonyl (C=O) groups is 2. The number of benzene rings is 2. The van der Waals surface area contributed by atoms with Crippen molar-refractivity contribution in [2.45, 2.75) is 19.3 Å². The first-order chi connectivity index (χ1) is 12.1. The second kappa shape index (κ2) is 7.83. The minimum Gasteiger partial charge on any atom is -0.492 e. The summed E-state index contributed by atoms with van der Waals surface area (Å²) in [7, 11) is 0. The van der Waals surface area contributed by atoms with Gasteiger partial charge in [-0.15, -0.1) is 0 Å². The molecule has 0 saturated heterocycles. The highest BCUT2D eigenvalue weighted by Gasteiger charge is 2.23. The van der Waals surface area contributed by atoms with Crippen LogP contribution in [0.3, 0.4) is 0 Å². The van der Waals surface area contributed by atoms with Crippen LogP contribution in [0.1, 0.15) is 39.1 Å². The molecule has 0 aliphatic heterocycles. The first-order valence-corrected chi connectivity index (χ1v) is 8.46. The zero-order valence-corrected chi connectivity index (χ0v) is 13.9.